The molecule has 0 radical (unpaired) electrons. The largest absolute Gasteiger partial charge is 0.419 e. The molecule has 0 aliphatic heterocycles. The number of halogens is 1. The molecule has 29 heavy (non-hydrogen) atoms. The molecule has 3 heteroatoms. The third-order valence-electron chi connectivity index (χ3n) is 5.91. The van der Waals surface area contributed by atoms with Crippen LogP contribution in [-0.4, -0.2) is 0 Å². The molecule has 0 N–H and O–H groups in total. The quantitative estimate of drug-likeness (QED) is 0.372. The van der Waals surface area contributed by atoms with Crippen LogP contribution in [0.25, 0.3) is 33.3 Å². The fourth-order valence-corrected chi connectivity index (χ4v) is 4.79. The zero-order valence-electron chi connectivity index (χ0n) is 15.6. The topological polar surface area (TPSA) is 30.2 Å². The molecule has 1 heterocycles. The van der Waals surface area contributed by atoms with Gasteiger partial charge in [0.1, 0.15) is 0 Å². The fraction of sp³-hybridized carbons (Fsp3) is 0.0385. The summed E-state index contributed by atoms with van der Waals surface area (Å²) in [5, 5.41) is 0.636. The van der Waals surface area contributed by atoms with Gasteiger partial charge in [-0.25, -0.2) is 9.18 Å². The van der Waals surface area contributed by atoms with Gasteiger partial charge in [-0.1, -0.05) is 66.7 Å². The Morgan fingerprint density at radius 1 is 0.724 bits per heavy atom. The maximum Gasteiger partial charge on any atom is 0.344 e. The highest BCUT2D eigenvalue weighted by Crippen LogP contribution is 2.56. The second-order valence-corrected chi connectivity index (χ2v) is 7.42. The van der Waals surface area contributed by atoms with E-state index in [1.807, 2.05) is 43.3 Å². The van der Waals surface area contributed by atoms with E-state index in [0.29, 0.717) is 10.9 Å². The van der Waals surface area contributed by atoms with Gasteiger partial charge in [0.15, 0.2) is 11.4 Å². The first-order valence-corrected chi connectivity index (χ1v) is 9.53. The summed E-state index contributed by atoms with van der Waals surface area (Å²) in [6, 6.07) is 23.1. The molecule has 6 rings (SSSR count). The van der Waals surface area contributed by atoms with Crippen LogP contribution in [-0.2, 0) is 0 Å². The van der Waals surface area contributed by atoms with Crippen molar-refractivity contribution in [2.45, 2.75) is 6.92 Å². The van der Waals surface area contributed by atoms with E-state index in [1.165, 1.54) is 6.07 Å². The van der Waals surface area contributed by atoms with Gasteiger partial charge in [-0.05, 0) is 46.4 Å². The Hall–Kier alpha value is -3.72. The number of fused-ring (bicyclic) bond motifs is 7. The molecule has 4 aromatic rings. The first-order chi connectivity index (χ1) is 14.2. The van der Waals surface area contributed by atoms with Crippen LogP contribution in [0.1, 0.15) is 34.7 Å². The number of benzene rings is 3. The molecule has 0 atom stereocenters. The van der Waals surface area contributed by atoms with Gasteiger partial charge < -0.3 is 4.42 Å². The van der Waals surface area contributed by atoms with E-state index < -0.39 is 11.4 Å². The Bertz CT molecular complexity index is 1470. The fourth-order valence-electron chi connectivity index (χ4n) is 4.79. The molecular weight excluding hydrogens is 363 g/mol. The van der Waals surface area contributed by atoms with Gasteiger partial charge in [0.25, 0.3) is 0 Å². The predicted octanol–water partition coefficient (Wildman–Crippen LogP) is 6.15. The Labute approximate surface area is 166 Å². The summed E-state index contributed by atoms with van der Waals surface area (Å²) in [6.07, 6.45) is 0. The lowest BCUT2D eigenvalue weighted by molar-refractivity contribution is 0.522. The molecule has 0 amide bonds. The molecule has 1 aromatic heterocycles. The van der Waals surface area contributed by atoms with Crippen LogP contribution in [0.3, 0.4) is 0 Å². The van der Waals surface area contributed by atoms with Crippen molar-refractivity contribution < 1.29 is 8.81 Å². The number of allylic oxidation sites excluding steroid dienone is 3. The van der Waals surface area contributed by atoms with E-state index in [9.17, 15) is 9.18 Å². The monoisotopic (exact) mass is 378 g/mol. The van der Waals surface area contributed by atoms with Crippen LogP contribution < -0.4 is 5.63 Å². The van der Waals surface area contributed by atoms with Crippen LogP contribution in [0.4, 0.5) is 4.39 Å². The number of rotatable bonds is 1. The minimum atomic E-state index is -0.519. The first-order valence-electron chi connectivity index (χ1n) is 9.53. The standard InChI is InChI=1S/C26H15FO2/c1-14-20-16-10-5-6-11-17(16)22(15-8-3-2-4-9-15)23(20)24-21(14)18-12-7-13-19(27)25(18)29-26(24)28/h2-13H,1H3. The number of hydrogen-bond acceptors (Lipinski definition) is 2. The SMILES string of the molecule is CC1=C2C(=C(c3ccccc3)c3ccccc32)c2c1c1cccc(F)c1oc2=O. The predicted molar refractivity (Wildman–Crippen MR) is 114 cm³/mol. The third kappa shape index (κ3) is 2.02. The molecule has 0 spiro atoms. The highest BCUT2D eigenvalue weighted by molar-refractivity contribution is 6.34. The van der Waals surface area contributed by atoms with Crippen LogP contribution >= 0.6 is 0 Å². The second-order valence-electron chi connectivity index (χ2n) is 7.42. The molecule has 138 valence electrons. The summed E-state index contributed by atoms with van der Waals surface area (Å²) in [5.74, 6) is -0.519. The number of hydrogen-bond donors (Lipinski definition) is 0. The molecule has 0 bridgehead atoms. The lowest BCUT2D eigenvalue weighted by Crippen LogP contribution is -2.08. The van der Waals surface area contributed by atoms with Gasteiger partial charge in [0.2, 0.25) is 0 Å². The van der Waals surface area contributed by atoms with E-state index in [1.54, 1.807) is 6.07 Å². The highest BCUT2D eigenvalue weighted by atomic mass is 19.1. The van der Waals surface area contributed by atoms with Crippen molar-refractivity contribution in [2.24, 2.45) is 0 Å². The molecule has 0 saturated heterocycles. The van der Waals surface area contributed by atoms with Gasteiger partial charge in [0, 0.05) is 16.5 Å². The summed E-state index contributed by atoms with van der Waals surface area (Å²) in [5.41, 5.74) is 8.03. The average molecular weight is 378 g/mol. The zero-order valence-corrected chi connectivity index (χ0v) is 15.6. The Morgan fingerprint density at radius 3 is 2.17 bits per heavy atom. The van der Waals surface area contributed by atoms with Crippen molar-refractivity contribution in [2.75, 3.05) is 0 Å². The lowest BCUT2D eigenvalue weighted by Gasteiger charge is -2.11. The summed E-state index contributed by atoms with van der Waals surface area (Å²) in [7, 11) is 0. The van der Waals surface area contributed by atoms with Crippen molar-refractivity contribution in [3.05, 3.63) is 117 Å². The average Bonchev–Trinajstić information content (AvgIpc) is 3.23. The summed E-state index contributed by atoms with van der Waals surface area (Å²) in [6.45, 7) is 2.01. The van der Waals surface area contributed by atoms with E-state index in [0.717, 1.165) is 44.5 Å². The van der Waals surface area contributed by atoms with E-state index in [-0.39, 0.29) is 5.58 Å². The minimum absolute atomic E-state index is 0.0197. The molecule has 2 aliphatic rings. The van der Waals surface area contributed by atoms with Crippen LogP contribution in [0.5, 0.6) is 0 Å². The third-order valence-corrected chi connectivity index (χ3v) is 5.91. The Morgan fingerprint density at radius 2 is 1.41 bits per heavy atom. The smallest absolute Gasteiger partial charge is 0.344 e. The van der Waals surface area contributed by atoms with Crippen LogP contribution in [0, 0.1) is 5.82 Å². The van der Waals surface area contributed by atoms with Crippen LogP contribution in [0.15, 0.2) is 82.0 Å². The normalized spacial score (nSPS) is 14.4. The molecule has 3 aromatic carbocycles. The van der Waals surface area contributed by atoms with Gasteiger partial charge in [-0.3, -0.25) is 0 Å². The lowest BCUT2D eigenvalue weighted by atomic mass is 9.93. The minimum Gasteiger partial charge on any atom is -0.419 e. The maximum atomic E-state index is 14.4. The van der Waals surface area contributed by atoms with Crippen molar-refractivity contribution >= 4 is 33.3 Å². The molecule has 0 saturated carbocycles. The highest BCUT2D eigenvalue weighted by Gasteiger charge is 2.38. The summed E-state index contributed by atoms with van der Waals surface area (Å²) < 4.78 is 19.9. The van der Waals surface area contributed by atoms with E-state index >= 15 is 0 Å². The molecular formula is C26H15FO2. The van der Waals surface area contributed by atoms with Gasteiger partial charge >= 0.3 is 5.63 Å². The molecule has 2 aliphatic carbocycles. The van der Waals surface area contributed by atoms with Crippen molar-refractivity contribution in [1.82, 2.24) is 0 Å². The van der Waals surface area contributed by atoms with Crippen molar-refractivity contribution in [3.63, 3.8) is 0 Å². The van der Waals surface area contributed by atoms with Gasteiger partial charge in [-0.15, -0.1) is 0 Å². The van der Waals surface area contributed by atoms with E-state index in [4.69, 9.17) is 4.42 Å². The van der Waals surface area contributed by atoms with E-state index in [2.05, 4.69) is 24.3 Å². The Kier molecular flexibility index (Phi) is 3.16. The summed E-state index contributed by atoms with van der Waals surface area (Å²) >= 11 is 0. The zero-order chi connectivity index (χ0) is 19.7. The van der Waals surface area contributed by atoms with Gasteiger partial charge in [-0.2, -0.15) is 0 Å². The molecule has 0 unspecified atom stereocenters. The molecule has 0 fully saturated rings. The summed E-state index contributed by atoms with van der Waals surface area (Å²) in [4.78, 5) is 13.1. The van der Waals surface area contributed by atoms with Gasteiger partial charge in [0.05, 0.1) is 5.56 Å². The van der Waals surface area contributed by atoms with Crippen LogP contribution in [0.2, 0.25) is 0 Å². The molecule has 2 nitrogen and oxygen atoms in total. The maximum absolute atomic E-state index is 14.4. The van der Waals surface area contributed by atoms with Crippen molar-refractivity contribution in [1.29, 1.82) is 0 Å². The Balaban J connectivity index is 1.83. The van der Waals surface area contributed by atoms with Crippen molar-refractivity contribution in [3.8, 4) is 0 Å². The second kappa shape index (κ2) is 5.65. The first kappa shape index (κ1) is 16.3. The number of para-hydroxylation sites is 1.